The van der Waals surface area contributed by atoms with Crippen molar-refractivity contribution < 1.29 is 22.4 Å². The van der Waals surface area contributed by atoms with Gasteiger partial charge in [-0.15, -0.1) is 0 Å². The highest BCUT2D eigenvalue weighted by atomic mass is 32.2. The summed E-state index contributed by atoms with van der Waals surface area (Å²) in [6.45, 7) is 1.32. The van der Waals surface area contributed by atoms with Crippen molar-refractivity contribution in [1.82, 2.24) is 13.8 Å². The Bertz CT molecular complexity index is 1190. The second-order valence-electron chi connectivity index (χ2n) is 7.19. The first kappa shape index (κ1) is 20.9. The van der Waals surface area contributed by atoms with Crippen LogP contribution in [-0.4, -0.2) is 60.2 Å². The zero-order valence-corrected chi connectivity index (χ0v) is 17.5. The number of nitrogens with two attached hydrogens (primary N) is 1. The molecule has 1 aliphatic rings. The number of piperazine rings is 1. The molecule has 4 rings (SSSR count). The molecule has 1 saturated heterocycles. The SMILES string of the molecule is NC(=O)c1ccc(S(=O)(=O)N2CCN(C(=O)c3cccn3Cc3ccccc3)CC2)o1. The zero-order chi connectivity index (χ0) is 22.0. The second kappa shape index (κ2) is 8.40. The van der Waals surface area contributed by atoms with Gasteiger partial charge in [-0.25, -0.2) is 8.42 Å². The molecule has 31 heavy (non-hydrogen) atoms. The minimum Gasteiger partial charge on any atom is -0.438 e. The average molecular weight is 442 g/mol. The number of sulfonamides is 1. The Kier molecular flexibility index (Phi) is 5.66. The van der Waals surface area contributed by atoms with Crippen molar-refractivity contribution in [3.05, 3.63) is 77.8 Å². The molecule has 0 spiro atoms. The normalized spacial score (nSPS) is 15.2. The summed E-state index contributed by atoms with van der Waals surface area (Å²) in [6.07, 6.45) is 1.86. The van der Waals surface area contributed by atoms with Crippen molar-refractivity contribution in [3.8, 4) is 0 Å². The number of aromatic nitrogens is 1. The van der Waals surface area contributed by atoms with Crippen LogP contribution in [0.25, 0.3) is 0 Å². The van der Waals surface area contributed by atoms with Gasteiger partial charge in [-0.05, 0) is 29.8 Å². The first-order chi connectivity index (χ1) is 14.9. The van der Waals surface area contributed by atoms with E-state index in [1.807, 2.05) is 47.2 Å². The van der Waals surface area contributed by atoms with Crippen LogP contribution in [0.2, 0.25) is 0 Å². The minimum absolute atomic E-state index is 0.125. The van der Waals surface area contributed by atoms with Gasteiger partial charge in [0.2, 0.25) is 5.09 Å². The maximum absolute atomic E-state index is 13.0. The van der Waals surface area contributed by atoms with E-state index in [1.165, 1.54) is 16.4 Å². The van der Waals surface area contributed by atoms with E-state index < -0.39 is 15.9 Å². The summed E-state index contributed by atoms with van der Waals surface area (Å²) >= 11 is 0. The van der Waals surface area contributed by atoms with Gasteiger partial charge in [0.15, 0.2) is 5.76 Å². The summed E-state index contributed by atoms with van der Waals surface area (Å²) in [5.74, 6) is -1.20. The highest BCUT2D eigenvalue weighted by Gasteiger charge is 2.33. The largest absolute Gasteiger partial charge is 0.438 e. The third-order valence-corrected chi connectivity index (χ3v) is 6.96. The fraction of sp³-hybridized carbons (Fsp3) is 0.238. The lowest BCUT2D eigenvalue weighted by Gasteiger charge is -2.33. The molecule has 0 atom stereocenters. The molecule has 0 radical (unpaired) electrons. The van der Waals surface area contributed by atoms with Gasteiger partial charge in [-0.1, -0.05) is 30.3 Å². The third-order valence-electron chi connectivity index (χ3n) is 5.19. The van der Waals surface area contributed by atoms with E-state index in [2.05, 4.69) is 0 Å². The summed E-state index contributed by atoms with van der Waals surface area (Å²) < 4.78 is 33.7. The van der Waals surface area contributed by atoms with E-state index in [-0.39, 0.29) is 42.9 Å². The molecule has 2 amide bonds. The number of carbonyl (C=O) groups excluding carboxylic acids is 2. The fourth-order valence-electron chi connectivity index (χ4n) is 3.54. The van der Waals surface area contributed by atoms with Crippen molar-refractivity contribution >= 4 is 21.8 Å². The van der Waals surface area contributed by atoms with Crippen molar-refractivity contribution in [1.29, 1.82) is 0 Å². The Balaban J connectivity index is 1.43. The summed E-state index contributed by atoms with van der Waals surface area (Å²) in [7, 11) is -3.91. The number of hydrogen-bond acceptors (Lipinski definition) is 5. The molecule has 0 saturated carbocycles. The number of furan rings is 1. The number of benzene rings is 1. The van der Waals surface area contributed by atoms with E-state index >= 15 is 0 Å². The van der Waals surface area contributed by atoms with Crippen LogP contribution < -0.4 is 5.73 Å². The van der Waals surface area contributed by atoms with Crippen LogP contribution in [0.1, 0.15) is 26.6 Å². The van der Waals surface area contributed by atoms with Gasteiger partial charge in [-0.3, -0.25) is 9.59 Å². The Morgan fingerprint density at radius 1 is 0.935 bits per heavy atom. The first-order valence-electron chi connectivity index (χ1n) is 9.74. The molecule has 0 bridgehead atoms. The highest BCUT2D eigenvalue weighted by Crippen LogP contribution is 2.21. The molecule has 1 aliphatic heterocycles. The molecule has 162 valence electrons. The van der Waals surface area contributed by atoms with Crippen LogP contribution in [0.4, 0.5) is 0 Å². The van der Waals surface area contributed by atoms with E-state index in [0.29, 0.717) is 12.2 Å². The monoisotopic (exact) mass is 442 g/mol. The summed E-state index contributed by atoms with van der Waals surface area (Å²) in [5, 5.41) is -0.335. The molecular formula is C21H22N4O5S. The van der Waals surface area contributed by atoms with Crippen molar-refractivity contribution in [2.45, 2.75) is 11.6 Å². The zero-order valence-electron chi connectivity index (χ0n) is 16.7. The predicted molar refractivity (Wildman–Crippen MR) is 112 cm³/mol. The molecule has 3 heterocycles. The standard InChI is InChI=1S/C21H22N4O5S/c22-20(26)18-8-9-19(30-18)31(28,29)25-13-11-23(12-14-25)21(27)17-7-4-10-24(17)15-16-5-2-1-3-6-16/h1-10H,11-15H2,(H2,22,26). The maximum Gasteiger partial charge on any atom is 0.284 e. The van der Waals surface area contributed by atoms with Crippen molar-refractivity contribution in [3.63, 3.8) is 0 Å². The Hall–Kier alpha value is -3.37. The average Bonchev–Trinajstić information content (AvgIpc) is 3.44. The number of nitrogens with zero attached hydrogens (tertiary/aromatic N) is 3. The lowest BCUT2D eigenvalue weighted by molar-refractivity contribution is 0.0686. The van der Waals surface area contributed by atoms with E-state index in [4.69, 9.17) is 10.2 Å². The Morgan fingerprint density at radius 3 is 2.29 bits per heavy atom. The molecule has 0 aliphatic carbocycles. The lowest BCUT2D eigenvalue weighted by atomic mass is 10.2. The summed E-state index contributed by atoms with van der Waals surface area (Å²) in [5.41, 5.74) is 6.75. The molecule has 2 N–H and O–H groups in total. The number of rotatable bonds is 6. The van der Waals surface area contributed by atoms with Crippen molar-refractivity contribution in [2.24, 2.45) is 5.73 Å². The summed E-state index contributed by atoms with van der Waals surface area (Å²) in [6, 6.07) is 15.9. The van der Waals surface area contributed by atoms with Crippen LogP contribution in [0.3, 0.4) is 0 Å². The van der Waals surface area contributed by atoms with Gasteiger partial charge in [0, 0.05) is 38.9 Å². The summed E-state index contributed by atoms with van der Waals surface area (Å²) in [4.78, 5) is 25.8. The molecule has 1 fully saturated rings. The van der Waals surface area contributed by atoms with Gasteiger partial charge < -0.3 is 19.6 Å². The second-order valence-corrected chi connectivity index (χ2v) is 9.06. The molecular weight excluding hydrogens is 420 g/mol. The van der Waals surface area contributed by atoms with E-state index in [0.717, 1.165) is 5.56 Å². The van der Waals surface area contributed by atoms with E-state index in [1.54, 1.807) is 11.0 Å². The quantitative estimate of drug-likeness (QED) is 0.619. The molecule has 3 aromatic rings. The smallest absolute Gasteiger partial charge is 0.284 e. The minimum atomic E-state index is -3.91. The number of primary amides is 1. The van der Waals surface area contributed by atoms with Crippen LogP contribution in [0.15, 0.2) is 70.3 Å². The number of hydrogen-bond donors (Lipinski definition) is 1. The van der Waals surface area contributed by atoms with Gasteiger partial charge in [0.25, 0.3) is 21.8 Å². The Labute approximate surface area is 179 Å². The predicted octanol–water partition coefficient (Wildman–Crippen LogP) is 1.37. The van der Waals surface area contributed by atoms with Crippen LogP contribution >= 0.6 is 0 Å². The fourth-order valence-corrected chi connectivity index (χ4v) is 4.87. The maximum atomic E-state index is 13.0. The first-order valence-corrected chi connectivity index (χ1v) is 11.2. The van der Waals surface area contributed by atoms with Gasteiger partial charge in [0.05, 0.1) is 0 Å². The van der Waals surface area contributed by atoms with Gasteiger partial charge >= 0.3 is 0 Å². The topological polar surface area (TPSA) is 119 Å². The Morgan fingerprint density at radius 2 is 1.65 bits per heavy atom. The van der Waals surface area contributed by atoms with E-state index in [9.17, 15) is 18.0 Å². The molecule has 9 nitrogen and oxygen atoms in total. The molecule has 1 aromatic carbocycles. The van der Waals surface area contributed by atoms with Crippen LogP contribution in [0, 0.1) is 0 Å². The number of carbonyl (C=O) groups is 2. The number of amides is 2. The lowest BCUT2D eigenvalue weighted by Crippen LogP contribution is -2.50. The highest BCUT2D eigenvalue weighted by molar-refractivity contribution is 7.89. The van der Waals surface area contributed by atoms with Gasteiger partial charge in [-0.2, -0.15) is 4.31 Å². The molecule has 2 aromatic heterocycles. The third kappa shape index (κ3) is 4.25. The van der Waals surface area contributed by atoms with Gasteiger partial charge in [0.1, 0.15) is 5.69 Å². The van der Waals surface area contributed by atoms with Crippen LogP contribution in [0.5, 0.6) is 0 Å². The van der Waals surface area contributed by atoms with Crippen molar-refractivity contribution in [2.75, 3.05) is 26.2 Å². The molecule has 0 unspecified atom stereocenters. The van der Waals surface area contributed by atoms with Crippen LogP contribution in [-0.2, 0) is 16.6 Å². The molecule has 10 heteroatoms.